The van der Waals surface area contributed by atoms with Gasteiger partial charge in [-0.3, -0.25) is 0 Å². The maximum absolute atomic E-state index is 10.7. The van der Waals surface area contributed by atoms with Gasteiger partial charge >= 0.3 is 11.4 Å². The fourth-order valence-corrected chi connectivity index (χ4v) is 0.305. The van der Waals surface area contributed by atoms with Crippen molar-refractivity contribution in [1.82, 2.24) is 0 Å². The molecule has 50 valence electrons. The lowest BCUT2D eigenvalue weighted by molar-refractivity contribution is -0.149. The molecule has 0 bridgehead atoms. The second-order valence-corrected chi connectivity index (χ2v) is 2.28. The summed E-state index contributed by atoms with van der Waals surface area (Å²) >= 11 is 0. The van der Waals surface area contributed by atoms with E-state index in [4.69, 9.17) is 0 Å². The third kappa shape index (κ3) is 2.90. The smallest absolute Gasteiger partial charge is 0.404 e. The van der Waals surface area contributed by atoms with E-state index in [-0.39, 0.29) is 5.97 Å². The SMILES string of the molecule is [CH2+]C([CH2+])(C)C(=O)OCC. The molecule has 2 nitrogen and oxygen atoms in total. The van der Waals surface area contributed by atoms with Crippen LogP contribution >= 0.6 is 0 Å². The highest BCUT2D eigenvalue weighted by Crippen LogP contribution is 2.13. The Kier molecular flexibility index (Phi) is 2.43. The number of carbonyl (C=O) groups excluding carboxylic acids is 1. The van der Waals surface area contributed by atoms with Gasteiger partial charge in [0.25, 0.3) is 0 Å². The van der Waals surface area contributed by atoms with Crippen LogP contribution in [0.2, 0.25) is 0 Å². The zero-order valence-electron chi connectivity index (χ0n) is 5.94. The Balaban J connectivity index is 3.74. The lowest BCUT2D eigenvalue weighted by Crippen LogP contribution is -2.23. The third-order valence-corrected chi connectivity index (χ3v) is 0.768. The van der Waals surface area contributed by atoms with Crippen LogP contribution in [-0.2, 0) is 9.53 Å². The summed E-state index contributed by atoms with van der Waals surface area (Å²) in [5.41, 5.74) is -0.851. The number of ether oxygens (including phenoxy) is 1. The molecule has 0 N–H and O–H groups in total. The lowest BCUT2D eigenvalue weighted by Gasteiger charge is -2.02. The molecule has 0 rings (SSSR count). The van der Waals surface area contributed by atoms with Crippen molar-refractivity contribution in [1.29, 1.82) is 0 Å². The van der Waals surface area contributed by atoms with Crippen molar-refractivity contribution in [3.8, 4) is 0 Å². The van der Waals surface area contributed by atoms with E-state index >= 15 is 0 Å². The van der Waals surface area contributed by atoms with Crippen LogP contribution in [0.15, 0.2) is 0 Å². The summed E-state index contributed by atoms with van der Waals surface area (Å²) in [6.07, 6.45) is 0. The standard InChI is InChI=1S/C7H12O2/c1-5-9-6(8)7(2,3)4/h2-3,5H2,1,4H3/q+2. The van der Waals surface area contributed by atoms with E-state index in [0.717, 1.165) is 0 Å². The Hall–Kier alpha value is -0.790. The lowest BCUT2D eigenvalue weighted by atomic mass is 9.97. The molecule has 0 aromatic carbocycles. The van der Waals surface area contributed by atoms with Gasteiger partial charge in [-0.15, -0.1) is 0 Å². The second kappa shape index (κ2) is 2.67. The first-order valence-corrected chi connectivity index (χ1v) is 2.86. The molecule has 0 saturated carbocycles. The zero-order valence-corrected chi connectivity index (χ0v) is 5.94. The van der Waals surface area contributed by atoms with Crippen LogP contribution in [0.3, 0.4) is 0 Å². The Morgan fingerprint density at radius 2 is 2.11 bits per heavy atom. The van der Waals surface area contributed by atoms with Crippen molar-refractivity contribution >= 4 is 5.97 Å². The van der Waals surface area contributed by atoms with Crippen LogP contribution < -0.4 is 0 Å². The highest BCUT2D eigenvalue weighted by molar-refractivity contribution is 5.77. The van der Waals surface area contributed by atoms with E-state index in [9.17, 15) is 4.79 Å². The van der Waals surface area contributed by atoms with Crippen LogP contribution in [0.1, 0.15) is 13.8 Å². The van der Waals surface area contributed by atoms with Crippen LogP contribution in [0.5, 0.6) is 0 Å². The third-order valence-electron chi connectivity index (χ3n) is 0.768. The monoisotopic (exact) mass is 128 g/mol. The van der Waals surface area contributed by atoms with Gasteiger partial charge in [0.1, 0.15) is 13.8 Å². The number of hydrogen-bond donors (Lipinski definition) is 0. The van der Waals surface area contributed by atoms with E-state index in [1.807, 2.05) is 0 Å². The minimum Gasteiger partial charge on any atom is -0.459 e. The topological polar surface area (TPSA) is 26.3 Å². The maximum Gasteiger partial charge on any atom is 0.404 e. The minimum absolute atomic E-state index is 0.356. The molecule has 0 aromatic heterocycles. The number of carbonyl (C=O) groups is 1. The van der Waals surface area contributed by atoms with Crippen molar-refractivity contribution in [2.45, 2.75) is 13.8 Å². The molecule has 0 fully saturated rings. The fraction of sp³-hybridized carbons (Fsp3) is 0.571. The molecule has 0 heterocycles. The zero-order chi connectivity index (χ0) is 7.49. The summed E-state index contributed by atoms with van der Waals surface area (Å²) in [6.45, 7) is 10.8. The van der Waals surface area contributed by atoms with Crippen LogP contribution in [0.25, 0.3) is 0 Å². The first kappa shape index (κ1) is 8.21. The molecule has 0 aromatic rings. The van der Waals surface area contributed by atoms with Gasteiger partial charge in [0.2, 0.25) is 0 Å². The molecule has 0 radical (unpaired) electrons. The molecule has 0 saturated heterocycles. The highest BCUT2D eigenvalue weighted by atomic mass is 16.5. The van der Waals surface area contributed by atoms with Crippen molar-refractivity contribution in [3.05, 3.63) is 13.8 Å². The Labute approximate surface area is 56.2 Å². The number of hydrogen-bond acceptors (Lipinski definition) is 2. The highest BCUT2D eigenvalue weighted by Gasteiger charge is 2.38. The van der Waals surface area contributed by atoms with E-state index in [1.54, 1.807) is 13.8 Å². The van der Waals surface area contributed by atoms with Crippen molar-refractivity contribution < 1.29 is 9.53 Å². The summed E-state index contributed by atoms with van der Waals surface area (Å²) in [6, 6.07) is 0. The summed E-state index contributed by atoms with van der Waals surface area (Å²) < 4.78 is 4.64. The van der Waals surface area contributed by atoms with Crippen LogP contribution in [0, 0.1) is 19.3 Å². The van der Waals surface area contributed by atoms with Gasteiger partial charge in [0.05, 0.1) is 6.61 Å². The van der Waals surface area contributed by atoms with Gasteiger partial charge in [-0.1, -0.05) is 0 Å². The molecule has 9 heavy (non-hydrogen) atoms. The fourth-order valence-electron chi connectivity index (χ4n) is 0.305. The average Bonchev–Trinajstić information content (AvgIpc) is 1.64. The molecule has 0 atom stereocenters. The summed E-state index contributed by atoms with van der Waals surface area (Å²) in [5.74, 6) is -0.356. The number of esters is 1. The first-order chi connectivity index (χ1) is 3.98. The molecular formula is C7H12O2+2. The average molecular weight is 128 g/mol. The van der Waals surface area contributed by atoms with Gasteiger partial charge in [-0.05, 0) is 6.92 Å². The van der Waals surface area contributed by atoms with Crippen molar-refractivity contribution in [3.63, 3.8) is 0 Å². The van der Waals surface area contributed by atoms with Crippen LogP contribution in [0.4, 0.5) is 0 Å². The minimum atomic E-state index is -0.851. The van der Waals surface area contributed by atoms with Gasteiger partial charge in [-0.2, -0.15) is 0 Å². The predicted octanol–water partition coefficient (Wildman–Crippen LogP) is 1.22. The van der Waals surface area contributed by atoms with Crippen LogP contribution in [-0.4, -0.2) is 12.6 Å². The largest absolute Gasteiger partial charge is 0.459 e. The summed E-state index contributed by atoms with van der Waals surface area (Å²) in [7, 11) is 0. The Bertz CT molecular complexity index is 100.0. The molecule has 0 spiro atoms. The van der Waals surface area contributed by atoms with Crippen molar-refractivity contribution in [2.75, 3.05) is 6.61 Å². The molecule has 0 aliphatic heterocycles. The van der Waals surface area contributed by atoms with E-state index < -0.39 is 5.41 Å². The van der Waals surface area contributed by atoms with E-state index in [2.05, 4.69) is 18.6 Å². The molecule has 0 amide bonds. The summed E-state index contributed by atoms with van der Waals surface area (Å²) in [4.78, 5) is 10.7. The molecular weight excluding hydrogens is 116 g/mol. The van der Waals surface area contributed by atoms with Gasteiger partial charge in [0, 0.05) is 6.92 Å². The normalized spacial score (nSPS) is 10.9. The van der Waals surface area contributed by atoms with E-state index in [0.29, 0.717) is 6.61 Å². The van der Waals surface area contributed by atoms with Crippen molar-refractivity contribution in [2.24, 2.45) is 5.41 Å². The second-order valence-electron chi connectivity index (χ2n) is 2.28. The predicted molar refractivity (Wildman–Crippen MR) is 35.5 cm³/mol. The summed E-state index contributed by atoms with van der Waals surface area (Å²) in [5, 5.41) is 0. The molecule has 0 aliphatic carbocycles. The molecule has 0 aliphatic rings. The first-order valence-electron chi connectivity index (χ1n) is 2.86. The Morgan fingerprint density at radius 1 is 1.67 bits per heavy atom. The molecule has 2 heteroatoms. The number of rotatable bonds is 2. The maximum atomic E-state index is 10.7. The van der Waals surface area contributed by atoms with Gasteiger partial charge in [-0.25, -0.2) is 4.79 Å². The van der Waals surface area contributed by atoms with Gasteiger partial charge < -0.3 is 4.74 Å². The molecule has 0 unspecified atom stereocenters. The van der Waals surface area contributed by atoms with Gasteiger partial charge in [0.15, 0.2) is 0 Å². The quantitative estimate of drug-likeness (QED) is 0.413. The Morgan fingerprint density at radius 3 is 2.22 bits per heavy atom. The van der Waals surface area contributed by atoms with E-state index in [1.165, 1.54) is 0 Å².